The van der Waals surface area contributed by atoms with Crippen LogP contribution in [0.5, 0.6) is 0 Å². The summed E-state index contributed by atoms with van der Waals surface area (Å²) in [4.78, 5) is 17.3. The maximum atomic E-state index is 14.0. The van der Waals surface area contributed by atoms with E-state index in [9.17, 15) is 18.0 Å². The van der Waals surface area contributed by atoms with E-state index in [1.54, 1.807) is 23.0 Å². The first-order chi connectivity index (χ1) is 18.7. The number of benzene rings is 3. The van der Waals surface area contributed by atoms with Gasteiger partial charge in [0.15, 0.2) is 17.0 Å². The third kappa shape index (κ3) is 4.96. The van der Waals surface area contributed by atoms with Gasteiger partial charge in [-0.15, -0.1) is 0 Å². The molecule has 1 amide bonds. The Morgan fingerprint density at radius 1 is 0.949 bits per heavy atom. The summed E-state index contributed by atoms with van der Waals surface area (Å²) in [6.45, 7) is 2.50. The molecular formula is C29H21F3N6O. The summed E-state index contributed by atoms with van der Waals surface area (Å²) in [5, 5.41) is 12.7. The summed E-state index contributed by atoms with van der Waals surface area (Å²) in [5.74, 6) is -0.671. The Hall–Kier alpha value is -4.99. The molecule has 39 heavy (non-hydrogen) atoms. The maximum Gasteiger partial charge on any atom is 0.433 e. The van der Waals surface area contributed by atoms with Crippen LogP contribution in [0.2, 0.25) is 0 Å². The second-order valence-electron chi connectivity index (χ2n) is 9.25. The Bertz CT molecular complexity index is 1840. The van der Waals surface area contributed by atoms with Gasteiger partial charge in [-0.3, -0.25) is 9.48 Å². The number of hydrogen-bond donors (Lipinski definition) is 1. The van der Waals surface area contributed by atoms with Crippen molar-refractivity contribution in [1.82, 2.24) is 24.4 Å². The van der Waals surface area contributed by atoms with Crippen LogP contribution in [0.4, 0.5) is 18.9 Å². The van der Waals surface area contributed by atoms with Gasteiger partial charge in [-0.2, -0.15) is 23.4 Å². The third-order valence-corrected chi connectivity index (χ3v) is 6.35. The minimum atomic E-state index is -4.72. The second-order valence-corrected chi connectivity index (χ2v) is 9.25. The first-order valence-electron chi connectivity index (χ1n) is 12.1. The van der Waals surface area contributed by atoms with Crippen molar-refractivity contribution >= 4 is 28.0 Å². The summed E-state index contributed by atoms with van der Waals surface area (Å²) in [5.41, 5.74) is 1.91. The van der Waals surface area contributed by atoms with Gasteiger partial charge in [0.25, 0.3) is 5.91 Å². The Morgan fingerprint density at radius 2 is 1.72 bits per heavy atom. The van der Waals surface area contributed by atoms with Gasteiger partial charge in [0.05, 0.1) is 24.1 Å². The van der Waals surface area contributed by atoms with Crippen LogP contribution in [0.15, 0.2) is 91.3 Å². The highest BCUT2D eigenvalue weighted by Gasteiger charge is 2.35. The molecule has 7 nitrogen and oxygen atoms in total. The zero-order valence-corrected chi connectivity index (χ0v) is 20.6. The van der Waals surface area contributed by atoms with Crippen LogP contribution in [0.1, 0.15) is 27.3 Å². The first kappa shape index (κ1) is 24.4. The van der Waals surface area contributed by atoms with Gasteiger partial charge < -0.3 is 5.32 Å². The van der Waals surface area contributed by atoms with E-state index in [4.69, 9.17) is 0 Å². The molecule has 3 aromatic carbocycles. The molecule has 10 heteroatoms. The van der Waals surface area contributed by atoms with Crippen molar-refractivity contribution < 1.29 is 18.0 Å². The van der Waals surface area contributed by atoms with Crippen molar-refractivity contribution in [3.05, 3.63) is 114 Å². The number of anilines is 1. The molecule has 0 saturated carbocycles. The highest BCUT2D eigenvalue weighted by molar-refractivity contribution is 6.03. The topological polar surface area (TPSA) is 77.1 Å². The third-order valence-electron chi connectivity index (χ3n) is 6.35. The Balaban J connectivity index is 1.30. The number of nitrogens with one attached hydrogen (secondary N) is 1. The number of aromatic nitrogens is 5. The van der Waals surface area contributed by atoms with E-state index in [0.717, 1.165) is 28.0 Å². The summed E-state index contributed by atoms with van der Waals surface area (Å²) < 4.78 is 44.4. The number of aryl methyl sites for hydroxylation is 1. The molecule has 0 atom stereocenters. The molecule has 0 radical (unpaired) electrons. The van der Waals surface area contributed by atoms with Gasteiger partial charge in [-0.1, -0.05) is 66.2 Å². The van der Waals surface area contributed by atoms with Crippen LogP contribution in [0, 0.1) is 6.92 Å². The molecule has 0 bridgehead atoms. The summed E-state index contributed by atoms with van der Waals surface area (Å²) in [6.07, 6.45) is -1.60. The van der Waals surface area contributed by atoms with E-state index in [0.29, 0.717) is 22.3 Å². The van der Waals surface area contributed by atoms with E-state index in [2.05, 4.69) is 20.5 Å². The van der Waals surface area contributed by atoms with Gasteiger partial charge in [0.1, 0.15) is 0 Å². The number of amides is 1. The zero-order chi connectivity index (χ0) is 27.1. The molecule has 1 N–H and O–H groups in total. The lowest BCUT2D eigenvalue weighted by atomic mass is 10.0. The Morgan fingerprint density at radius 3 is 2.49 bits per heavy atom. The lowest BCUT2D eigenvalue weighted by Gasteiger charge is -2.11. The predicted molar refractivity (Wildman–Crippen MR) is 141 cm³/mol. The molecule has 0 aliphatic carbocycles. The van der Waals surface area contributed by atoms with Crippen LogP contribution in [-0.2, 0) is 12.7 Å². The number of halogens is 3. The molecular weight excluding hydrogens is 505 g/mol. The average molecular weight is 527 g/mol. The first-order valence-corrected chi connectivity index (χ1v) is 12.1. The van der Waals surface area contributed by atoms with Gasteiger partial charge in [0, 0.05) is 17.8 Å². The number of alkyl halides is 3. The number of carbonyl (C=O) groups excluding carboxylic acids is 1. The van der Waals surface area contributed by atoms with Crippen molar-refractivity contribution in [2.75, 3.05) is 5.32 Å². The predicted octanol–water partition coefficient (Wildman–Crippen LogP) is 6.37. The number of nitrogens with zero attached hydrogens (tertiary/aromatic N) is 5. The van der Waals surface area contributed by atoms with Gasteiger partial charge in [0.2, 0.25) is 0 Å². The number of fused-ring (bicyclic) bond motifs is 2. The summed E-state index contributed by atoms with van der Waals surface area (Å²) in [7, 11) is 0. The Kier molecular flexibility index (Phi) is 5.86. The molecule has 6 rings (SSSR count). The van der Waals surface area contributed by atoms with Gasteiger partial charge in [-0.25, -0.2) is 9.50 Å². The van der Waals surface area contributed by atoms with E-state index < -0.39 is 17.8 Å². The lowest BCUT2D eigenvalue weighted by Crippen LogP contribution is -2.15. The van der Waals surface area contributed by atoms with Crippen molar-refractivity contribution in [3.63, 3.8) is 0 Å². The van der Waals surface area contributed by atoms with Crippen LogP contribution in [-0.4, -0.2) is 30.3 Å². The minimum Gasteiger partial charge on any atom is -0.318 e. The molecule has 3 heterocycles. The van der Waals surface area contributed by atoms with Crippen LogP contribution in [0.25, 0.3) is 27.7 Å². The standard InChI is InChI=1S/C29H21F3N6O/c1-18-6-8-19(9-7-18)16-37-17-23(15-33-37)34-28(39)25-14-27-35-24(13-26(29(30,31)32)38(27)36-25)22-11-10-20-4-2-3-5-21(20)12-22/h2-15,17H,16H2,1H3,(H,34,39). The number of rotatable bonds is 5. The second kappa shape index (κ2) is 9.39. The van der Waals surface area contributed by atoms with Gasteiger partial charge >= 0.3 is 6.18 Å². The maximum absolute atomic E-state index is 14.0. The molecule has 0 aliphatic rings. The highest BCUT2D eigenvalue weighted by Crippen LogP contribution is 2.33. The fraction of sp³-hybridized carbons (Fsp3) is 0.103. The van der Waals surface area contributed by atoms with E-state index >= 15 is 0 Å². The SMILES string of the molecule is Cc1ccc(Cn2cc(NC(=O)c3cc4nc(-c5ccc6ccccc6c5)cc(C(F)(F)F)n4n3)cn2)cc1. The summed E-state index contributed by atoms with van der Waals surface area (Å²) in [6, 6.07) is 23.1. The van der Waals surface area contributed by atoms with E-state index in [1.807, 2.05) is 61.5 Å². The zero-order valence-electron chi connectivity index (χ0n) is 20.6. The minimum absolute atomic E-state index is 0.0896. The van der Waals surface area contributed by atoms with Crippen molar-refractivity contribution in [1.29, 1.82) is 0 Å². The molecule has 0 saturated heterocycles. The quantitative estimate of drug-likeness (QED) is 0.283. The van der Waals surface area contributed by atoms with Crippen LogP contribution >= 0.6 is 0 Å². The van der Waals surface area contributed by atoms with E-state index in [-0.39, 0.29) is 17.0 Å². The van der Waals surface area contributed by atoms with Gasteiger partial charge in [-0.05, 0) is 35.4 Å². The molecule has 0 aliphatic heterocycles. The average Bonchev–Trinajstić information content (AvgIpc) is 3.55. The molecule has 194 valence electrons. The van der Waals surface area contributed by atoms with E-state index in [1.165, 1.54) is 12.3 Å². The fourth-order valence-electron chi connectivity index (χ4n) is 4.37. The highest BCUT2D eigenvalue weighted by atomic mass is 19.4. The number of hydrogen-bond acceptors (Lipinski definition) is 4. The smallest absolute Gasteiger partial charge is 0.318 e. The molecule has 3 aromatic heterocycles. The lowest BCUT2D eigenvalue weighted by molar-refractivity contribution is -0.142. The van der Waals surface area contributed by atoms with Crippen molar-refractivity contribution in [3.8, 4) is 11.3 Å². The Labute approximate surface area is 220 Å². The molecule has 6 aromatic rings. The number of carbonyl (C=O) groups is 1. The summed E-state index contributed by atoms with van der Waals surface area (Å²) >= 11 is 0. The van der Waals surface area contributed by atoms with Crippen LogP contribution < -0.4 is 5.32 Å². The largest absolute Gasteiger partial charge is 0.433 e. The van der Waals surface area contributed by atoms with Crippen LogP contribution in [0.3, 0.4) is 0 Å². The van der Waals surface area contributed by atoms with Crippen molar-refractivity contribution in [2.45, 2.75) is 19.6 Å². The fourth-order valence-corrected chi connectivity index (χ4v) is 4.37. The molecule has 0 fully saturated rings. The monoisotopic (exact) mass is 526 g/mol. The normalized spacial score (nSPS) is 11.8. The van der Waals surface area contributed by atoms with Crippen molar-refractivity contribution in [2.24, 2.45) is 0 Å². The molecule has 0 spiro atoms. The molecule has 0 unspecified atom stereocenters.